The third kappa shape index (κ3) is 4.21. The smallest absolute Gasteiger partial charge is 0.142 e. The molecule has 0 spiro atoms. The molecule has 0 aliphatic carbocycles. The second-order valence-corrected chi connectivity index (χ2v) is 6.05. The van der Waals surface area contributed by atoms with Gasteiger partial charge in [-0.2, -0.15) is 0 Å². The molecule has 0 bridgehead atoms. The fourth-order valence-corrected chi connectivity index (χ4v) is 2.80. The zero-order chi connectivity index (χ0) is 15.4. The van der Waals surface area contributed by atoms with Crippen molar-refractivity contribution >= 4 is 21.6 Å². The van der Waals surface area contributed by atoms with Crippen molar-refractivity contribution in [2.45, 2.75) is 32.9 Å². The molecule has 0 aliphatic rings. The molecule has 0 radical (unpaired) electrons. The number of benzene rings is 2. The summed E-state index contributed by atoms with van der Waals surface area (Å²) in [6.45, 7) is 6.03. The standard InChI is InChI=1S/C17H19BrFNO/c1-11(2)21-17-7-5-4-6-16(17)20-12(3)14-9-8-13(19)10-15(14)18/h4-12,20H,1-3H3. The Morgan fingerprint density at radius 2 is 1.81 bits per heavy atom. The molecule has 1 N–H and O–H groups in total. The van der Waals surface area contributed by atoms with Gasteiger partial charge in [0.15, 0.2) is 0 Å². The molecule has 1 atom stereocenters. The van der Waals surface area contributed by atoms with Crippen molar-refractivity contribution < 1.29 is 9.13 Å². The fraction of sp³-hybridized carbons (Fsp3) is 0.294. The van der Waals surface area contributed by atoms with Gasteiger partial charge in [-0.05, 0) is 50.6 Å². The van der Waals surface area contributed by atoms with Crippen molar-refractivity contribution in [3.05, 3.63) is 58.3 Å². The first-order chi connectivity index (χ1) is 9.97. The second-order valence-electron chi connectivity index (χ2n) is 5.19. The molecule has 2 nitrogen and oxygen atoms in total. The van der Waals surface area contributed by atoms with Gasteiger partial charge in [-0.1, -0.05) is 34.1 Å². The van der Waals surface area contributed by atoms with E-state index in [4.69, 9.17) is 4.74 Å². The van der Waals surface area contributed by atoms with Crippen molar-refractivity contribution in [3.63, 3.8) is 0 Å². The van der Waals surface area contributed by atoms with Gasteiger partial charge in [-0.3, -0.25) is 0 Å². The molecular formula is C17H19BrFNO. The zero-order valence-corrected chi connectivity index (χ0v) is 13.9. The van der Waals surface area contributed by atoms with E-state index in [0.29, 0.717) is 0 Å². The number of para-hydroxylation sites is 2. The first-order valence-corrected chi connectivity index (χ1v) is 7.74. The topological polar surface area (TPSA) is 21.3 Å². The Labute approximate surface area is 133 Å². The maximum atomic E-state index is 13.2. The molecule has 2 rings (SSSR count). The van der Waals surface area contributed by atoms with Crippen LogP contribution >= 0.6 is 15.9 Å². The van der Waals surface area contributed by atoms with Gasteiger partial charge in [0.05, 0.1) is 11.8 Å². The largest absolute Gasteiger partial charge is 0.489 e. The number of rotatable bonds is 5. The van der Waals surface area contributed by atoms with Gasteiger partial charge in [-0.25, -0.2) is 4.39 Å². The van der Waals surface area contributed by atoms with Crippen LogP contribution in [-0.2, 0) is 0 Å². The summed E-state index contributed by atoms with van der Waals surface area (Å²) in [5.41, 5.74) is 1.92. The van der Waals surface area contributed by atoms with E-state index in [1.54, 1.807) is 6.07 Å². The maximum Gasteiger partial charge on any atom is 0.142 e. The number of hydrogen-bond acceptors (Lipinski definition) is 2. The number of halogens is 2. The van der Waals surface area contributed by atoms with Crippen molar-refractivity contribution in [1.29, 1.82) is 0 Å². The predicted molar refractivity (Wildman–Crippen MR) is 88.3 cm³/mol. The Morgan fingerprint density at radius 3 is 2.48 bits per heavy atom. The first-order valence-electron chi connectivity index (χ1n) is 6.94. The minimum Gasteiger partial charge on any atom is -0.489 e. The van der Waals surface area contributed by atoms with Crippen LogP contribution in [0.25, 0.3) is 0 Å². The lowest BCUT2D eigenvalue weighted by Gasteiger charge is -2.20. The molecule has 4 heteroatoms. The second kappa shape index (κ2) is 6.94. The molecule has 0 heterocycles. The molecular weight excluding hydrogens is 333 g/mol. The minimum absolute atomic E-state index is 0.0249. The van der Waals surface area contributed by atoms with E-state index in [1.807, 2.05) is 45.0 Å². The van der Waals surface area contributed by atoms with Gasteiger partial charge in [0.2, 0.25) is 0 Å². The normalized spacial score (nSPS) is 12.3. The summed E-state index contributed by atoms with van der Waals surface area (Å²) in [6, 6.07) is 12.6. The Balaban J connectivity index is 2.21. The van der Waals surface area contributed by atoms with Crippen molar-refractivity contribution in [2.24, 2.45) is 0 Å². The lowest BCUT2D eigenvalue weighted by Crippen LogP contribution is -2.11. The summed E-state index contributed by atoms with van der Waals surface area (Å²) in [6.07, 6.45) is 0.112. The number of ether oxygens (including phenoxy) is 1. The highest BCUT2D eigenvalue weighted by molar-refractivity contribution is 9.10. The summed E-state index contributed by atoms with van der Waals surface area (Å²) in [7, 11) is 0. The highest BCUT2D eigenvalue weighted by atomic mass is 79.9. The highest BCUT2D eigenvalue weighted by Gasteiger charge is 2.12. The van der Waals surface area contributed by atoms with Gasteiger partial charge in [0.25, 0.3) is 0 Å². The van der Waals surface area contributed by atoms with Gasteiger partial charge < -0.3 is 10.1 Å². The monoisotopic (exact) mass is 351 g/mol. The van der Waals surface area contributed by atoms with Gasteiger partial charge in [0.1, 0.15) is 11.6 Å². The summed E-state index contributed by atoms with van der Waals surface area (Å²) in [4.78, 5) is 0. The lowest BCUT2D eigenvalue weighted by atomic mass is 10.1. The third-order valence-electron chi connectivity index (χ3n) is 3.05. The van der Waals surface area contributed by atoms with Crippen LogP contribution in [-0.4, -0.2) is 6.10 Å². The SMILES string of the molecule is CC(C)Oc1ccccc1NC(C)c1ccc(F)cc1Br. The van der Waals surface area contributed by atoms with Crippen LogP contribution in [0, 0.1) is 5.82 Å². The molecule has 0 saturated heterocycles. The molecule has 0 fully saturated rings. The number of hydrogen-bond donors (Lipinski definition) is 1. The van der Waals surface area contributed by atoms with Crippen molar-refractivity contribution in [2.75, 3.05) is 5.32 Å². The Hall–Kier alpha value is -1.55. The summed E-state index contributed by atoms with van der Waals surface area (Å²) < 4.78 is 19.7. The van der Waals surface area contributed by atoms with Gasteiger partial charge in [0, 0.05) is 10.5 Å². The average molecular weight is 352 g/mol. The van der Waals surface area contributed by atoms with E-state index in [9.17, 15) is 4.39 Å². The van der Waals surface area contributed by atoms with Crippen LogP contribution < -0.4 is 10.1 Å². The first kappa shape index (κ1) is 15.8. The maximum absolute atomic E-state index is 13.2. The Bertz CT molecular complexity index is 615. The number of anilines is 1. The zero-order valence-electron chi connectivity index (χ0n) is 12.4. The number of nitrogens with one attached hydrogen (secondary N) is 1. The highest BCUT2D eigenvalue weighted by Crippen LogP contribution is 2.31. The molecule has 112 valence electrons. The molecule has 0 amide bonds. The van der Waals surface area contributed by atoms with Gasteiger partial charge >= 0.3 is 0 Å². The Kier molecular flexibility index (Phi) is 5.23. The van der Waals surface area contributed by atoms with E-state index < -0.39 is 0 Å². The van der Waals surface area contributed by atoms with E-state index in [1.165, 1.54) is 12.1 Å². The average Bonchev–Trinajstić information content (AvgIpc) is 2.40. The Morgan fingerprint density at radius 1 is 1.10 bits per heavy atom. The van der Waals surface area contributed by atoms with Crippen LogP contribution in [0.15, 0.2) is 46.9 Å². The van der Waals surface area contributed by atoms with Crippen LogP contribution in [0.2, 0.25) is 0 Å². The van der Waals surface area contributed by atoms with Crippen LogP contribution in [0.5, 0.6) is 5.75 Å². The quantitative estimate of drug-likeness (QED) is 0.762. The van der Waals surface area contributed by atoms with E-state index in [-0.39, 0.29) is 18.0 Å². The molecule has 0 aromatic heterocycles. The van der Waals surface area contributed by atoms with Crippen molar-refractivity contribution in [3.8, 4) is 5.75 Å². The van der Waals surface area contributed by atoms with Crippen molar-refractivity contribution in [1.82, 2.24) is 0 Å². The van der Waals surface area contributed by atoms with E-state index in [0.717, 1.165) is 21.5 Å². The molecule has 2 aromatic rings. The fourth-order valence-electron chi connectivity index (χ4n) is 2.11. The summed E-state index contributed by atoms with van der Waals surface area (Å²) in [5.74, 6) is 0.568. The minimum atomic E-state index is -0.249. The lowest BCUT2D eigenvalue weighted by molar-refractivity contribution is 0.243. The van der Waals surface area contributed by atoms with Crippen LogP contribution in [0.3, 0.4) is 0 Å². The van der Waals surface area contributed by atoms with E-state index >= 15 is 0 Å². The third-order valence-corrected chi connectivity index (χ3v) is 3.74. The molecule has 0 saturated carbocycles. The summed E-state index contributed by atoms with van der Waals surface area (Å²) in [5, 5.41) is 3.41. The molecule has 21 heavy (non-hydrogen) atoms. The van der Waals surface area contributed by atoms with Crippen LogP contribution in [0.1, 0.15) is 32.4 Å². The predicted octanol–water partition coefficient (Wildman–Crippen LogP) is 5.55. The molecule has 0 aliphatic heterocycles. The van der Waals surface area contributed by atoms with E-state index in [2.05, 4.69) is 21.2 Å². The summed E-state index contributed by atoms with van der Waals surface area (Å²) >= 11 is 3.41. The van der Waals surface area contributed by atoms with Crippen LogP contribution in [0.4, 0.5) is 10.1 Å². The molecule has 1 unspecified atom stereocenters. The van der Waals surface area contributed by atoms with Gasteiger partial charge in [-0.15, -0.1) is 0 Å². The molecule has 2 aromatic carbocycles.